The molecule has 0 aliphatic carbocycles. The van der Waals surface area contributed by atoms with Crippen molar-refractivity contribution in [1.82, 2.24) is 10.6 Å². The molecule has 0 unspecified atom stereocenters. The summed E-state index contributed by atoms with van der Waals surface area (Å²) in [7, 11) is 0. The van der Waals surface area contributed by atoms with Gasteiger partial charge in [0.2, 0.25) is 0 Å². The fourth-order valence-electron chi connectivity index (χ4n) is 1.74. The van der Waals surface area contributed by atoms with E-state index >= 15 is 0 Å². The fraction of sp³-hybridized carbons (Fsp3) is 0.778. The number of ether oxygens (including phenoxy) is 1. The van der Waals surface area contributed by atoms with Crippen molar-refractivity contribution in [3.8, 4) is 0 Å². The van der Waals surface area contributed by atoms with E-state index in [4.69, 9.17) is 4.74 Å². The van der Waals surface area contributed by atoms with Crippen molar-refractivity contribution in [2.75, 3.05) is 13.1 Å². The van der Waals surface area contributed by atoms with Crippen molar-refractivity contribution in [3.63, 3.8) is 0 Å². The van der Waals surface area contributed by atoms with Crippen LogP contribution in [0.2, 0.25) is 0 Å². The van der Waals surface area contributed by atoms with Crippen LogP contribution in [0.15, 0.2) is 12.3 Å². The Balaban J connectivity index is 1.85. The predicted octanol–water partition coefficient (Wildman–Crippen LogP) is 0.588. The Morgan fingerprint density at radius 1 is 1.25 bits per heavy atom. The summed E-state index contributed by atoms with van der Waals surface area (Å²) in [5.74, 6) is 0. The predicted molar refractivity (Wildman–Crippen MR) is 47.7 cm³/mol. The third kappa shape index (κ3) is 1.79. The van der Waals surface area contributed by atoms with E-state index in [1.165, 1.54) is 6.42 Å². The maximum absolute atomic E-state index is 5.51. The highest BCUT2D eigenvalue weighted by molar-refractivity contribution is 4.88. The SMILES string of the molecule is C1=CO[C@@H](C2NCCCN2)CC1. The van der Waals surface area contributed by atoms with Crippen molar-refractivity contribution >= 4 is 0 Å². The normalized spacial score (nSPS) is 31.5. The van der Waals surface area contributed by atoms with Crippen molar-refractivity contribution in [2.24, 2.45) is 0 Å². The molecule has 0 saturated carbocycles. The topological polar surface area (TPSA) is 33.3 Å². The van der Waals surface area contributed by atoms with Gasteiger partial charge < -0.3 is 4.74 Å². The molecule has 0 bridgehead atoms. The maximum atomic E-state index is 5.51. The van der Waals surface area contributed by atoms with E-state index in [9.17, 15) is 0 Å². The first-order valence-corrected chi connectivity index (χ1v) is 4.74. The molecular formula is C9H16N2O. The van der Waals surface area contributed by atoms with Crippen LogP contribution in [0.4, 0.5) is 0 Å². The van der Waals surface area contributed by atoms with Crippen molar-refractivity contribution < 1.29 is 4.74 Å². The third-order valence-corrected chi connectivity index (χ3v) is 2.42. The minimum atomic E-state index is 0.329. The second-order valence-electron chi connectivity index (χ2n) is 3.36. The molecule has 12 heavy (non-hydrogen) atoms. The summed E-state index contributed by atoms with van der Waals surface area (Å²) in [6.45, 7) is 2.22. The van der Waals surface area contributed by atoms with Gasteiger partial charge in [0, 0.05) is 0 Å². The van der Waals surface area contributed by atoms with E-state index in [0.29, 0.717) is 12.3 Å². The molecule has 2 N–H and O–H groups in total. The Bertz CT molecular complexity index is 164. The largest absolute Gasteiger partial charge is 0.495 e. The summed E-state index contributed by atoms with van der Waals surface area (Å²) in [6, 6.07) is 0. The molecule has 2 heterocycles. The lowest BCUT2D eigenvalue weighted by molar-refractivity contribution is 0.0662. The smallest absolute Gasteiger partial charge is 0.126 e. The molecule has 0 spiro atoms. The average molecular weight is 168 g/mol. The zero-order chi connectivity index (χ0) is 8.23. The Morgan fingerprint density at radius 3 is 2.75 bits per heavy atom. The molecule has 1 atom stereocenters. The van der Waals surface area contributed by atoms with Gasteiger partial charge in [-0.15, -0.1) is 0 Å². The van der Waals surface area contributed by atoms with Gasteiger partial charge in [-0.3, -0.25) is 10.6 Å². The van der Waals surface area contributed by atoms with E-state index in [1.807, 2.05) is 6.26 Å². The molecule has 2 aliphatic heterocycles. The number of hydrogen-bond acceptors (Lipinski definition) is 3. The van der Waals surface area contributed by atoms with Crippen LogP contribution in [0.5, 0.6) is 0 Å². The molecule has 3 nitrogen and oxygen atoms in total. The lowest BCUT2D eigenvalue weighted by atomic mass is 10.1. The number of nitrogens with one attached hydrogen (secondary N) is 2. The lowest BCUT2D eigenvalue weighted by Gasteiger charge is -2.32. The van der Waals surface area contributed by atoms with Gasteiger partial charge in [-0.2, -0.15) is 0 Å². The van der Waals surface area contributed by atoms with Crippen LogP contribution in [-0.4, -0.2) is 25.4 Å². The van der Waals surface area contributed by atoms with Gasteiger partial charge in [-0.05, 0) is 38.4 Å². The van der Waals surface area contributed by atoms with Crippen LogP contribution in [0, 0.1) is 0 Å². The Hall–Kier alpha value is -0.540. The second kappa shape index (κ2) is 3.92. The van der Waals surface area contributed by atoms with Gasteiger partial charge in [0.1, 0.15) is 6.10 Å². The third-order valence-electron chi connectivity index (χ3n) is 2.42. The van der Waals surface area contributed by atoms with Crippen LogP contribution in [-0.2, 0) is 4.74 Å². The quantitative estimate of drug-likeness (QED) is 0.601. The molecule has 68 valence electrons. The lowest BCUT2D eigenvalue weighted by Crippen LogP contribution is -2.55. The molecule has 0 aromatic heterocycles. The summed E-state index contributed by atoms with van der Waals surface area (Å²) in [5.41, 5.74) is 0. The van der Waals surface area contributed by atoms with Gasteiger partial charge in [0.25, 0.3) is 0 Å². The van der Waals surface area contributed by atoms with Gasteiger partial charge >= 0.3 is 0 Å². The first kappa shape index (κ1) is 8.08. The molecule has 0 amide bonds. The number of allylic oxidation sites excluding steroid dienone is 1. The first-order valence-electron chi connectivity index (χ1n) is 4.74. The van der Waals surface area contributed by atoms with Crippen molar-refractivity contribution in [3.05, 3.63) is 12.3 Å². The molecule has 0 aromatic rings. The molecule has 1 fully saturated rings. The number of hydrogen-bond donors (Lipinski definition) is 2. The zero-order valence-corrected chi connectivity index (χ0v) is 7.25. The highest BCUT2D eigenvalue weighted by atomic mass is 16.5. The van der Waals surface area contributed by atoms with E-state index in [-0.39, 0.29) is 0 Å². The summed E-state index contributed by atoms with van der Waals surface area (Å²) < 4.78 is 5.51. The number of rotatable bonds is 1. The van der Waals surface area contributed by atoms with Gasteiger partial charge in [0.05, 0.1) is 12.4 Å². The van der Waals surface area contributed by atoms with Crippen LogP contribution in [0.3, 0.4) is 0 Å². The average Bonchev–Trinajstić information content (AvgIpc) is 2.21. The minimum Gasteiger partial charge on any atom is -0.495 e. The molecular weight excluding hydrogens is 152 g/mol. The molecule has 0 radical (unpaired) electrons. The van der Waals surface area contributed by atoms with Gasteiger partial charge in [-0.1, -0.05) is 0 Å². The Labute approximate surface area is 73.2 Å². The van der Waals surface area contributed by atoms with Gasteiger partial charge in [-0.25, -0.2) is 0 Å². The minimum absolute atomic E-state index is 0.329. The fourth-order valence-corrected chi connectivity index (χ4v) is 1.74. The molecule has 1 saturated heterocycles. The molecule has 2 rings (SSSR count). The molecule has 3 heteroatoms. The van der Waals surface area contributed by atoms with Crippen molar-refractivity contribution in [2.45, 2.75) is 31.5 Å². The summed E-state index contributed by atoms with van der Waals surface area (Å²) >= 11 is 0. The highest BCUT2D eigenvalue weighted by Gasteiger charge is 2.23. The summed E-state index contributed by atoms with van der Waals surface area (Å²) in [4.78, 5) is 0. The summed E-state index contributed by atoms with van der Waals surface area (Å²) in [6.07, 6.45) is 8.09. The Kier molecular flexibility index (Phi) is 2.64. The monoisotopic (exact) mass is 168 g/mol. The van der Waals surface area contributed by atoms with Crippen molar-refractivity contribution in [1.29, 1.82) is 0 Å². The molecule has 0 aromatic carbocycles. The molecule has 2 aliphatic rings. The zero-order valence-electron chi connectivity index (χ0n) is 7.25. The van der Waals surface area contributed by atoms with Crippen LogP contribution >= 0.6 is 0 Å². The first-order chi connectivity index (χ1) is 5.97. The van der Waals surface area contributed by atoms with Crippen LogP contribution < -0.4 is 10.6 Å². The van der Waals surface area contributed by atoms with E-state index in [1.54, 1.807) is 0 Å². The van der Waals surface area contributed by atoms with E-state index in [2.05, 4.69) is 16.7 Å². The second-order valence-corrected chi connectivity index (χ2v) is 3.36. The highest BCUT2D eigenvalue weighted by Crippen LogP contribution is 2.13. The van der Waals surface area contributed by atoms with Crippen LogP contribution in [0.1, 0.15) is 19.3 Å². The van der Waals surface area contributed by atoms with Gasteiger partial charge in [0.15, 0.2) is 0 Å². The maximum Gasteiger partial charge on any atom is 0.126 e. The summed E-state index contributed by atoms with van der Waals surface area (Å²) in [5, 5.41) is 6.84. The van der Waals surface area contributed by atoms with E-state index in [0.717, 1.165) is 25.9 Å². The van der Waals surface area contributed by atoms with Crippen LogP contribution in [0.25, 0.3) is 0 Å². The Morgan fingerprint density at radius 2 is 2.08 bits per heavy atom. The standard InChI is InChI=1S/C9H16N2O/c1-2-7-12-8(4-1)9-10-5-3-6-11-9/h2,7-11H,1,3-6H2/t8-/m1/s1. The van der Waals surface area contributed by atoms with E-state index < -0.39 is 0 Å².